The van der Waals surface area contributed by atoms with Crippen LogP contribution in [0.1, 0.15) is 39.0 Å². The molecule has 0 aromatic carbocycles. The molecule has 0 radical (unpaired) electrons. The number of hydrogen-bond acceptors (Lipinski definition) is 2. The third kappa shape index (κ3) is 3.22. The Balaban J connectivity index is 2.59. The van der Waals surface area contributed by atoms with Crippen LogP contribution < -0.4 is 0 Å². The van der Waals surface area contributed by atoms with Gasteiger partial charge in [0.05, 0.1) is 0 Å². The van der Waals surface area contributed by atoms with E-state index in [2.05, 4.69) is 0 Å². The van der Waals surface area contributed by atoms with E-state index in [1.54, 1.807) is 11.8 Å². The summed E-state index contributed by atoms with van der Waals surface area (Å²) in [5.41, 5.74) is 0. The molecule has 0 bridgehead atoms. The summed E-state index contributed by atoms with van der Waals surface area (Å²) in [5.74, 6) is -2.04. The predicted molar refractivity (Wildman–Crippen MR) is 56.5 cm³/mol. The summed E-state index contributed by atoms with van der Waals surface area (Å²) < 4.78 is 0. The molecule has 1 saturated heterocycles. The van der Waals surface area contributed by atoms with Crippen LogP contribution in [0.3, 0.4) is 0 Å². The smallest absolute Gasteiger partial charge is 0.316 e. The Kier molecular flexibility index (Phi) is 4.59. The Morgan fingerprint density at radius 1 is 1.20 bits per heavy atom. The van der Waals surface area contributed by atoms with Crippen LogP contribution >= 0.6 is 0 Å². The molecule has 0 aliphatic carbocycles. The maximum Gasteiger partial charge on any atom is 0.316 e. The molecule has 1 N–H and O–H groups in total. The molecule has 0 spiro atoms. The fraction of sp³-hybridized carbons (Fsp3) is 0.818. The van der Waals surface area contributed by atoms with E-state index in [-0.39, 0.29) is 5.91 Å². The number of carboxylic acids is 1. The molecule has 0 saturated carbocycles. The number of hydrogen-bond donors (Lipinski definition) is 1. The van der Waals surface area contributed by atoms with Crippen molar-refractivity contribution < 1.29 is 14.7 Å². The van der Waals surface area contributed by atoms with E-state index in [9.17, 15) is 9.59 Å². The summed E-state index contributed by atoms with van der Waals surface area (Å²) in [6.07, 6.45) is 4.68. The van der Waals surface area contributed by atoms with Crippen molar-refractivity contribution in [3.05, 3.63) is 0 Å². The molecular formula is C11H19NO3. The summed E-state index contributed by atoms with van der Waals surface area (Å²) in [6, 6.07) is 0. The van der Waals surface area contributed by atoms with Crippen LogP contribution in [-0.2, 0) is 9.59 Å². The van der Waals surface area contributed by atoms with Gasteiger partial charge in [0.1, 0.15) is 5.92 Å². The lowest BCUT2D eigenvalue weighted by Gasteiger charge is -2.23. The molecule has 1 unspecified atom stereocenters. The molecule has 15 heavy (non-hydrogen) atoms. The number of carboxylic acid groups (broad SMARTS) is 1. The van der Waals surface area contributed by atoms with E-state index in [1.807, 2.05) is 0 Å². The molecule has 1 atom stereocenters. The Labute approximate surface area is 90.3 Å². The van der Waals surface area contributed by atoms with E-state index in [1.165, 1.54) is 0 Å². The van der Waals surface area contributed by atoms with Crippen LogP contribution in [0.2, 0.25) is 0 Å². The molecule has 4 heteroatoms. The largest absolute Gasteiger partial charge is 0.481 e. The lowest BCUT2D eigenvalue weighted by atomic mass is 10.1. The Morgan fingerprint density at radius 3 is 2.13 bits per heavy atom. The molecule has 1 rings (SSSR count). The van der Waals surface area contributed by atoms with Gasteiger partial charge in [-0.2, -0.15) is 0 Å². The minimum absolute atomic E-state index is 0.202. The first-order valence-corrected chi connectivity index (χ1v) is 5.68. The minimum Gasteiger partial charge on any atom is -0.481 e. The van der Waals surface area contributed by atoms with E-state index >= 15 is 0 Å². The highest BCUT2D eigenvalue weighted by Crippen LogP contribution is 2.14. The van der Waals surface area contributed by atoms with Gasteiger partial charge in [-0.1, -0.05) is 19.8 Å². The number of carbonyl (C=O) groups excluding carboxylic acids is 1. The van der Waals surface area contributed by atoms with Gasteiger partial charge in [-0.15, -0.1) is 0 Å². The molecule has 0 aromatic heterocycles. The molecule has 0 aromatic rings. The van der Waals surface area contributed by atoms with Crippen molar-refractivity contribution in [2.75, 3.05) is 13.1 Å². The highest BCUT2D eigenvalue weighted by Gasteiger charge is 2.28. The quantitative estimate of drug-likeness (QED) is 0.723. The third-order valence-corrected chi connectivity index (χ3v) is 2.92. The lowest BCUT2D eigenvalue weighted by molar-refractivity contribution is -0.151. The first-order chi connectivity index (χ1) is 7.16. The van der Waals surface area contributed by atoms with Gasteiger partial charge < -0.3 is 10.0 Å². The summed E-state index contributed by atoms with van der Waals surface area (Å²) in [5, 5.41) is 8.90. The Hall–Kier alpha value is -1.06. The first kappa shape index (κ1) is 12.0. The van der Waals surface area contributed by atoms with Crippen LogP contribution in [0.4, 0.5) is 0 Å². The fourth-order valence-electron chi connectivity index (χ4n) is 1.97. The van der Waals surface area contributed by atoms with Gasteiger partial charge in [0, 0.05) is 13.1 Å². The van der Waals surface area contributed by atoms with Crippen molar-refractivity contribution in [2.24, 2.45) is 5.92 Å². The first-order valence-electron chi connectivity index (χ1n) is 5.68. The molecule has 1 amide bonds. The molecule has 86 valence electrons. The molecule has 1 aliphatic heterocycles. The summed E-state index contributed by atoms with van der Waals surface area (Å²) in [7, 11) is 0. The summed E-state index contributed by atoms with van der Waals surface area (Å²) in [4.78, 5) is 24.4. The van der Waals surface area contributed by atoms with E-state index in [0.29, 0.717) is 6.42 Å². The Bertz CT molecular complexity index is 232. The maximum absolute atomic E-state index is 11.9. The van der Waals surface area contributed by atoms with Crippen LogP contribution in [0.5, 0.6) is 0 Å². The van der Waals surface area contributed by atoms with Gasteiger partial charge in [-0.3, -0.25) is 9.59 Å². The molecule has 1 heterocycles. The molecule has 4 nitrogen and oxygen atoms in total. The van der Waals surface area contributed by atoms with Gasteiger partial charge in [-0.25, -0.2) is 0 Å². The zero-order valence-electron chi connectivity index (χ0n) is 9.24. The lowest BCUT2D eigenvalue weighted by Crippen LogP contribution is -2.39. The molecule has 1 fully saturated rings. The van der Waals surface area contributed by atoms with E-state index in [4.69, 9.17) is 5.11 Å². The summed E-state index contributed by atoms with van der Waals surface area (Å²) in [6.45, 7) is 3.19. The average molecular weight is 213 g/mol. The van der Waals surface area contributed by atoms with Crippen molar-refractivity contribution in [2.45, 2.75) is 39.0 Å². The van der Waals surface area contributed by atoms with Gasteiger partial charge in [0.25, 0.3) is 0 Å². The number of nitrogens with zero attached hydrogens (tertiary/aromatic N) is 1. The second-order valence-corrected chi connectivity index (χ2v) is 4.04. The number of carbonyl (C=O) groups is 2. The van der Waals surface area contributed by atoms with Crippen molar-refractivity contribution in [3.8, 4) is 0 Å². The SMILES string of the molecule is CCC(C(=O)O)C(=O)N1CCCCCC1. The number of aliphatic carboxylic acids is 1. The van der Waals surface area contributed by atoms with Crippen molar-refractivity contribution in [3.63, 3.8) is 0 Å². The van der Waals surface area contributed by atoms with Gasteiger partial charge in [0.15, 0.2) is 0 Å². The van der Waals surface area contributed by atoms with E-state index in [0.717, 1.165) is 38.8 Å². The molecule has 1 aliphatic rings. The zero-order valence-corrected chi connectivity index (χ0v) is 9.24. The van der Waals surface area contributed by atoms with Crippen LogP contribution in [0.15, 0.2) is 0 Å². The van der Waals surface area contributed by atoms with E-state index < -0.39 is 11.9 Å². The number of amides is 1. The summed E-state index contributed by atoms with van der Waals surface area (Å²) >= 11 is 0. The second kappa shape index (κ2) is 5.73. The number of rotatable bonds is 3. The van der Waals surface area contributed by atoms with Gasteiger partial charge in [0.2, 0.25) is 5.91 Å². The normalized spacial score (nSPS) is 19.4. The highest BCUT2D eigenvalue weighted by atomic mass is 16.4. The van der Waals surface area contributed by atoms with Crippen LogP contribution in [0, 0.1) is 5.92 Å². The third-order valence-electron chi connectivity index (χ3n) is 2.92. The molecular weight excluding hydrogens is 194 g/mol. The topological polar surface area (TPSA) is 57.6 Å². The minimum atomic E-state index is -0.994. The van der Waals surface area contributed by atoms with Crippen LogP contribution in [-0.4, -0.2) is 35.0 Å². The van der Waals surface area contributed by atoms with Crippen LogP contribution in [0.25, 0.3) is 0 Å². The predicted octanol–water partition coefficient (Wildman–Crippen LogP) is 1.50. The standard InChI is InChI=1S/C11H19NO3/c1-2-9(11(14)15)10(13)12-7-5-3-4-6-8-12/h9H,2-8H2,1H3,(H,14,15). The monoisotopic (exact) mass is 213 g/mol. The van der Waals surface area contributed by atoms with Gasteiger partial charge in [-0.05, 0) is 19.3 Å². The van der Waals surface area contributed by atoms with Crippen molar-refractivity contribution >= 4 is 11.9 Å². The average Bonchev–Trinajstić information content (AvgIpc) is 2.45. The Morgan fingerprint density at radius 2 is 1.73 bits per heavy atom. The van der Waals surface area contributed by atoms with Gasteiger partial charge >= 0.3 is 5.97 Å². The zero-order chi connectivity index (χ0) is 11.3. The number of likely N-dealkylation sites (tertiary alicyclic amines) is 1. The maximum atomic E-state index is 11.9. The fourth-order valence-corrected chi connectivity index (χ4v) is 1.97. The van der Waals surface area contributed by atoms with Crippen molar-refractivity contribution in [1.29, 1.82) is 0 Å². The highest BCUT2D eigenvalue weighted by molar-refractivity contribution is 5.96. The second-order valence-electron chi connectivity index (χ2n) is 4.04. The van der Waals surface area contributed by atoms with Crippen molar-refractivity contribution in [1.82, 2.24) is 4.90 Å².